The molecule has 0 aliphatic rings. The van der Waals surface area contributed by atoms with E-state index in [2.05, 4.69) is 20.1 Å². The summed E-state index contributed by atoms with van der Waals surface area (Å²) < 4.78 is 3.51. The Morgan fingerprint density at radius 3 is 2.76 bits per heavy atom. The van der Waals surface area contributed by atoms with Gasteiger partial charge in [-0.25, -0.2) is 0 Å². The molecule has 0 radical (unpaired) electrons. The number of rotatable bonds is 2. The van der Waals surface area contributed by atoms with Crippen molar-refractivity contribution >= 4 is 51.5 Å². The smallest absolute Gasteiger partial charge is 0.257 e. The highest BCUT2D eigenvalue weighted by Crippen LogP contribution is 2.29. The molecule has 0 unspecified atom stereocenters. The molecule has 9 heteroatoms. The van der Waals surface area contributed by atoms with Crippen molar-refractivity contribution < 1.29 is 4.79 Å². The van der Waals surface area contributed by atoms with E-state index in [-0.39, 0.29) is 21.3 Å². The quantitative estimate of drug-likeness (QED) is 0.826. The van der Waals surface area contributed by atoms with Crippen LogP contribution < -0.4 is 11.1 Å². The molecule has 0 aliphatic carbocycles. The van der Waals surface area contributed by atoms with Gasteiger partial charge in [-0.15, -0.1) is 0 Å². The number of hydrogen-bond donors (Lipinski definition) is 2. The monoisotopic (exact) mass is 289 g/mol. The summed E-state index contributed by atoms with van der Waals surface area (Å²) in [4.78, 5) is 11.8. The second-order valence-electron chi connectivity index (χ2n) is 2.98. The summed E-state index contributed by atoms with van der Waals surface area (Å²) in [5.74, 6) is -0.409. The van der Waals surface area contributed by atoms with Gasteiger partial charge in [-0.05, 0) is 17.3 Å². The lowest BCUT2D eigenvalue weighted by atomic mass is 10.2. The second-order valence-corrected chi connectivity index (χ2v) is 4.50. The number of amides is 1. The Bertz CT molecular complexity index is 536. The summed E-state index contributed by atoms with van der Waals surface area (Å²) in [5.41, 5.74) is 6.12. The molecule has 0 aliphatic heterocycles. The molecule has 2 rings (SSSR count). The van der Waals surface area contributed by atoms with Crippen LogP contribution in [0.25, 0.3) is 0 Å². The van der Waals surface area contributed by atoms with Crippen molar-refractivity contribution in [1.82, 2.24) is 14.8 Å². The normalized spacial score (nSPS) is 10.2. The van der Waals surface area contributed by atoms with Crippen molar-refractivity contribution in [3.8, 4) is 0 Å². The van der Waals surface area contributed by atoms with Gasteiger partial charge in [0, 0.05) is 17.1 Å². The largest absolute Gasteiger partial charge is 0.397 e. The van der Waals surface area contributed by atoms with E-state index in [1.807, 2.05) is 0 Å². The molecule has 1 amide bonds. The second kappa shape index (κ2) is 4.82. The van der Waals surface area contributed by atoms with Gasteiger partial charge in [0.2, 0.25) is 5.13 Å². The number of nitrogen functional groups attached to an aromatic ring is 1. The van der Waals surface area contributed by atoms with Gasteiger partial charge in [-0.2, -0.15) is 0 Å². The molecule has 2 aromatic rings. The minimum Gasteiger partial charge on any atom is -0.397 e. The summed E-state index contributed by atoms with van der Waals surface area (Å²) in [6, 6.07) is 2.85. The molecule has 6 nitrogen and oxygen atoms in total. The fraction of sp³-hybridized carbons (Fsp3) is 0. The molecule has 0 saturated carbocycles. The standard InChI is InChI=1S/C8H5Cl2N5OS/c9-4-1-3(2-5(11)6(4)10)7(16)12-8-13-14-15-17-8/h1-2H,11H2,(H,12,13,15,16). The van der Waals surface area contributed by atoms with Gasteiger partial charge in [-0.3, -0.25) is 10.1 Å². The van der Waals surface area contributed by atoms with Crippen LogP contribution in [-0.2, 0) is 0 Å². The van der Waals surface area contributed by atoms with Gasteiger partial charge in [0.15, 0.2) is 0 Å². The SMILES string of the molecule is Nc1cc(C(=O)Nc2nnns2)cc(Cl)c1Cl. The fourth-order valence-corrected chi connectivity index (χ4v) is 1.79. The molecule has 0 fully saturated rings. The van der Waals surface area contributed by atoms with Gasteiger partial charge in [-0.1, -0.05) is 32.8 Å². The van der Waals surface area contributed by atoms with Crippen LogP contribution in [0.5, 0.6) is 0 Å². The minimum absolute atomic E-state index is 0.215. The highest BCUT2D eigenvalue weighted by molar-refractivity contribution is 7.09. The van der Waals surface area contributed by atoms with Gasteiger partial charge < -0.3 is 5.73 Å². The Morgan fingerprint density at radius 2 is 2.18 bits per heavy atom. The highest BCUT2D eigenvalue weighted by atomic mass is 35.5. The van der Waals surface area contributed by atoms with Gasteiger partial charge in [0.25, 0.3) is 5.91 Å². The third kappa shape index (κ3) is 2.63. The average molecular weight is 290 g/mol. The highest BCUT2D eigenvalue weighted by Gasteiger charge is 2.12. The maximum Gasteiger partial charge on any atom is 0.257 e. The predicted octanol–water partition coefficient (Wildman–Crippen LogP) is 2.07. The maximum atomic E-state index is 11.8. The van der Waals surface area contributed by atoms with Crippen LogP contribution in [0.15, 0.2) is 12.1 Å². The number of hydrogen-bond acceptors (Lipinski definition) is 6. The van der Waals surface area contributed by atoms with Crippen molar-refractivity contribution in [2.45, 2.75) is 0 Å². The number of anilines is 2. The van der Waals surface area contributed by atoms with Crippen molar-refractivity contribution in [1.29, 1.82) is 0 Å². The van der Waals surface area contributed by atoms with E-state index < -0.39 is 5.91 Å². The Labute approximate surface area is 110 Å². The molecule has 1 heterocycles. The first-order valence-electron chi connectivity index (χ1n) is 4.29. The zero-order valence-electron chi connectivity index (χ0n) is 8.15. The van der Waals surface area contributed by atoms with Gasteiger partial charge in [0.1, 0.15) is 0 Å². The molecule has 0 spiro atoms. The number of nitrogens with two attached hydrogens (primary N) is 1. The Hall–Kier alpha value is -1.44. The zero-order valence-corrected chi connectivity index (χ0v) is 10.5. The number of aromatic nitrogens is 3. The van der Waals surface area contributed by atoms with Crippen LogP contribution in [0, 0.1) is 0 Å². The van der Waals surface area contributed by atoms with Gasteiger partial charge in [0.05, 0.1) is 15.7 Å². The van der Waals surface area contributed by atoms with Crippen molar-refractivity contribution in [3.05, 3.63) is 27.7 Å². The van der Waals surface area contributed by atoms with Crippen LogP contribution in [-0.4, -0.2) is 20.7 Å². The molecule has 17 heavy (non-hydrogen) atoms. The summed E-state index contributed by atoms with van der Waals surface area (Å²) in [5, 5.41) is 10.2. The predicted molar refractivity (Wildman–Crippen MR) is 66.5 cm³/mol. The van der Waals surface area contributed by atoms with E-state index >= 15 is 0 Å². The van der Waals surface area contributed by atoms with E-state index in [1.165, 1.54) is 12.1 Å². The van der Waals surface area contributed by atoms with Crippen LogP contribution in [0.4, 0.5) is 10.8 Å². The molecule has 1 aromatic heterocycles. The first-order valence-corrected chi connectivity index (χ1v) is 5.82. The van der Waals surface area contributed by atoms with Crippen molar-refractivity contribution in [2.75, 3.05) is 11.1 Å². The van der Waals surface area contributed by atoms with Crippen molar-refractivity contribution in [2.24, 2.45) is 0 Å². The number of benzene rings is 1. The fourth-order valence-electron chi connectivity index (χ4n) is 1.09. The molecular weight excluding hydrogens is 285 g/mol. The van der Waals surface area contributed by atoms with Crippen LogP contribution >= 0.6 is 34.7 Å². The number of nitrogens with zero attached hydrogens (tertiary/aromatic N) is 3. The molecule has 88 valence electrons. The van der Waals surface area contributed by atoms with E-state index in [0.717, 1.165) is 11.5 Å². The lowest BCUT2D eigenvalue weighted by Gasteiger charge is -2.05. The molecule has 1 aromatic carbocycles. The Kier molecular flexibility index (Phi) is 3.41. The molecule has 0 bridgehead atoms. The topological polar surface area (TPSA) is 93.8 Å². The Balaban J connectivity index is 2.26. The van der Waals surface area contributed by atoms with E-state index in [9.17, 15) is 4.79 Å². The lowest BCUT2D eigenvalue weighted by molar-refractivity contribution is 0.102. The molecular formula is C8H5Cl2N5OS. The summed E-state index contributed by atoms with van der Waals surface area (Å²) >= 11 is 12.6. The number of nitrogens with one attached hydrogen (secondary N) is 1. The van der Waals surface area contributed by atoms with Crippen LogP contribution in [0.3, 0.4) is 0 Å². The minimum atomic E-state index is -0.409. The molecule has 0 saturated heterocycles. The zero-order chi connectivity index (χ0) is 12.4. The third-order valence-electron chi connectivity index (χ3n) is 1.84. The van der Waals surface area contributed by atoms with E-state index in [4.69, 9.17) is 28.9 Å². The van der Waals surface area contributed by atoms with E-state index in [1.54, 1.807) is 0 Å². The van der Waals surface area contributed by atoms with Crippen LogP contribution in [0.2, 0.25) is 10.0 Å². The maximum absolute atomic E-state index is 11.8. The third-order valence-corrected chi connectivity index (χ3v) is 3.17. The van der Waals surface area contributed by atoms with Gasteiger partial charge >= 0.3 is 0 Å². The average Bonchev–Trinajstić information content (AvgIpc) is 2.77. The van der Waals surface area contributed by atoms with Crippen molar-refractivity contribution in [3.63, 3.8) is 0 Å². The lowest BCUT2D eigenvalue weighted by Crippen LogP contribution is -2.12. The summed E-state index contributed by atoms with van der Waals surface area (Å²) in [6.45, 7) is 0. The van der Waals surface area contributed by atoms with Crippen LogP contribution in [0.1, 0.15) is 10.4 Å². The summed E-state index contributed by atoms with van der Waals surface area (Å²) in [6.07, 6.45) is 0. The number of halogens is 2. The molecule has 0 atom stereocenters. The van der Waals surface area contributed by atoms with E-state index in [0.29, 0.717) is 5.13 Å². The first kappa shape index (κ1) is 12.0. The number of carbonyl (C=O) groups excluding carboxylic acids is 1. The Morgan fingerprint density at radius 1 is 1.41 bits per heavy atom. The molecule has 3 N–H and O–H groups in total. The number of carbonyl (C=O) groups is 1. The summed E-state index contributed by atoms with van der Waals surface area (Å²) in [7, 11) is 0. The first-order chi connectivity index (χ1) is 8.08.